The summed E-state index contributed by atoms with van der Waals surface area (Å²) in [7, 11) is 1.50. The van der Waals surface area contributed by atoms with Gasteiger partial charge in [-0.25, -0.2) is 4.79 Å². The number of rotatable bonds is 5. The van der Waals surface area contributed by atoms with Gasteiger partial charge in [-0.05, 0) is 0 Å². The molecule has 0 amide bonds. The zero-order chi connectivity index (χ0) is 11.6. The van der Waals surface area contributed by atoms with E-state index in [2.05, 4.69) is 6.58 Å². The van der Waals surface area contributed by atoms with E-state index in [1.165, 1.54) is 7.11 Å². The first kappa shape index (κ1) is 11.6. The number of esters is 1. The number of methoxy groups -OCH3 is 1. The second-order valence-electron chi connectivity index (χ2n) is 3.98. The minimum Gasteiger partial charge on any atom is -0.427 e. The standard InChI is InChI=1S/C11H16O5/c1-8(7-13-2)10(12)16-11(4-6-15-11)9-3-5-14-9/h9H,1,3-7H2,2H3. The number of carbonyl (C=O) groups excluding carboxylic acids is 1. The maximum atomic E-state index is 11.6. The SMILES string of the molecule is C=C(COC)C(=O)OC1(C2CCO2)CCO1. The molecule has 0 bridgehead atoms. The topological polar surface area (TPSA) is 54.0 Å². The molecule has 0 aromatic rings. The second-order valence-corrected chi connectivity index (χ2v) is 3.98. The maximum Gasteiger partial charge on any atom is 0.338 e. The summed E-state index contributed by atoms with van der Waals surface area (Å²) in [6.45, 7) is 5.06. The van der Waals surface area contributed by atoms with Gasteiger partial charge in [-0.2, -0.15) is 0 Å². The Morgan fingerprint density at radius 3 is 2.62 bits per heavy atom. The fourth-order valence-electron chi connectivity index (χ4n) is 1.75. The first-order valence-corrected chi connectivity index (χ1v) is 5.33. The van der Waals surface area contributed by atoms with Gasteiger partial charge in [0.15, 0.2) is 0 Å². The van der Waals surface area contributed by atoms with Gasteiger partial charge in [-0.15, -0.1) is 0 Å². The fourth-order valence-corrected chi connectivity index (χ4v) is 1.75. The third kappa shape index (κ3) is 1.98. The van der Waals surface area contributed by atoms with Crippen LogP contribution >= 0.6 is 0 Å². The molecule has 0 saturated carbocycles. The van der Waals surface area contributed by atoms with Crippen LogP contribution in [0.25, 0.3) is 0 Å². The lowest BCUT2D eigenvalue weighted by atomic mass is 9.96. The quantitative estimate of drug-likeness (QED) is 0.510. The molecule has 16 heavy (non-hydrogen) atoms. The molecule has 2 heterocycles. The predicted octanol–water partition coefficient (Wildman–Crippen LogP) is 0.638. The maximum absolute atomic E-state index is 11.6. The van der Waals surface area contributed by atoms with E-state index in [-0.39, 0.29) is 18.3 Å². The van der Waals surface area contributed by atoms with Gasteiger partial charge in [0, 0.05) is 20.0 Å². The normalized spacial score (nSPS) is 32.4. The summed E-state index contributed by atoms with van der Waals surface area (Å²) in [5, 5.41) is 0. The first-order valence-electron chi connectivity index (χ1n) is 5.33. The summed E-state index contributed by atoms with van der Waals surface area (Å²) in [5.74, 6) is -1.34. The van der Waals surface area contributed by atoms with Gasteiger partial charge in [-0.3, -0.25) is 0 Å². The summed E-state index contributed by atoms with van der Waals surface area (Å²) >= 11 is 0. The van der Waals surface area contributed by atoms with Crippen molar-refractivity contribution in [3.8, 4) is 0 Å². The number of hydrogen-bond acceptors (Lipinski definition) is 5. The number of carbonyl (C=O) groups is 1. The number of ether oxygens (including phenoxy) is 4. The molecule has 2 aliphatic rings. The van der Waals surface area contributed by atoms with Crippen molar-refractivity contribution in [2.75, 3.05) is 26.9 Å². The zero-order valence-electron chi connectivity index (χ0n) is 9.36. The van der Waals surface area contributed by atoms with Crippen LogP contribution in [0.5, 0.6) is 0 Å². The summed E-state index contributed by atoms with van der Waals surface area (Å²) in [6, 6.07) is 0. The van der Waals surface area contributed by atoms with E-state index >= 15 is 0 Å². The average molecular weight is 228 g/mol. The Morgan fingerprint density at radius 1 is 1.56 bits per heavy atom. The Bertz CT molecular complexity index is 291. The smallest absolute Gasteiger partial charge is 0.338 e. The minimum absolute atomic E-state index is 0.124. The van der Waals surface area contributed by atoms with Gasteiger partial charge in [0.05, 0.1) is 25.4 Å². The molecule has 0 N–H and O–H groups in total. The zero-order valence-corrected chi connectivity index (χ0v) is 9.36. The Morgan fingerprint density at radius 2 is 2.25 bits per heavy atom. The van der Waals surface area contributed by atoms with Crippen molar-refractivity contribution in [3.05, 3.63) is 12.2 Å². The third-order valence-corrected chi connectivity index (χ3v) is 2.86. The molecule has 0 aromatic carbocycles. The Balaban J connectivity index is 1.91. The molecule has 0 aromatic heterocycles. The molecule has 90 valence electrons. The molecule has 2 rings (SSSR count). The second kappa shape index (κ2) is 4.53. The van der Waals surface area contributed by atoms with Crippen molar-refractivity contribution in [2.24, 2.45) is 0 Å². The van der Waals surface area contributed by atoms with Crippen LogP contribution in [-0.2, 0) is 23.7 Å². The van der Waals surface area contributed by atoms with Crippen LogP contribution in [0.1, 0.15) is 12.8 Å². The van der Waals surface area contributed by atoms with E-state index < -0.39 is 11.8 Å². The highest BCUT2D eigenvalue weighted by Gasteiger charge is 2.53. The van der Waals surface area contributed by atoms with Crippen molar-refractivity contribution in [1.29, 1.82) is 0 Å². The molecular weight excluding hydrogens is 212 g/mol. The lowest BCUT2D eigenvalue weighted by Gasteiger charge is -2.48. The summed E-state index contributed by atoms with van der Waals surface area (Å²) in [4.78, 5) is 11.6. The highest BCUT2D eigenvalue weighted by atomic mass is 16.8. The molecule has 2 unspecified atom stereocenters. The van der Waals surface area contributed by atoms with Gasteiger partial charge in [-0.1, -0.05) is 6.58 Å². The van der Waals surface area contributed by atoms with Gasteiger partial charge in [0.2, 0.25) is 5.79 Å². The molecule has 5 nitrogen and oxygen atoms in total. The van der Waals surface area contributed by atoms with Crippen LogP contribution in [0.15, 0.2) is 12.2 Å². The van der Waals surface area contributed by atoms with Crippen molar-refractivity contribution >= 4 is 5.97 Å². The third-order valence-electron chi connectivity index (χ3n) is 2.86. The van der Waals surface area contributed by atoms with Crippen LogP contribution in [0, 0.1) is 0 Å². The summed E-state index contributed by atoms with van der Waals surface area (Å²) < 4.78 is 20.8. The van der Waals surface area contributed by atoms with E-state index in [9.17, 15) is 4.79 Å². The minimum atomic E-state index is -0.869. The van der Waals surface area contributed by atoms with Gasteiger partial charge in [0.1, 0.15) is 6.10 Å². The molecule has 0 radical (unpaired) electrons. The highest BCUT2D eigenvalue weighted by Crippen LogP contribution is 2.38. The molecule has 5 heteroatoms. The van der Waals surface area contributed by atoms with Crippen molar-refractivity contribution in [2.45, 2.75) is 24.7 Å². The first-order chi connectivity index (χ1) is 7.68. The average Bonchev–Trinajstić information content (AvgIpc) is 2.11. The lowest BCUT2D eigenvalue weighted by molar-refractivity contribution is -0.355. The molecule has 0 aliphatic carbocycles. The van der Waals surface area contributed by atoms with Gasteiger partial charge >= 0.3 is 5.97 Å². The van der Waals surface area contributed by atoms with Crippen LogP contribution in [0.4, 0.5) is 0 Å². The largest absolute Gasteiger partial charge is 0.427 e. The molecular formula is C11H16O5. The van der Waals surface area contributed by atoms with E-state index in [4.69, 9.17) is 18.9 Å². The van der Waals surface area contributed by atoms with Gasteiger partial charge < -0.3 is 18.9 Å². The molecule has 2 atom stereocenters. The van der Waals surface area contributed by atoms with Crippen LogP contribution in [-0.4, -0.2) is 44.8 Å². The van der Waals surface area contributed by atoms with E-state index in [0.29, 0.717) is 19.6 Å². The fraction of sp³-hybridized carbons (Fsp3) is 0.727. The molecule has 2 fully saturated rings. The molecule has 2 saturated heterocycles. The Labute approximate surface area is 94.3 Å². The van der Waals surface area contributed by atoms with Crippen molar-refractivity contribution < 1.29 is 23.7 Å². The van der Waals surface area contributed by atoms with E-state index in [0.717, 1.165) is 6.42 Å². The predicted molar refractivity (Wildman–Crippen MR) is 54.8 cm³/mol. The Kier molecular flexibility index (Phi) is 3.28. The molecule has 0 spiro atoms. The van der Waals surface area contributed by atoms with Crippen LogP contribution in [0.2, 0.25) is 0 Å². The van der Waals surface area contributed by atoms with Crippen molar-refractivity contribution in [1.82, 2.24) is 0 Å². The highest BCUT2D eigenvalue weighted by molar-refractivity contribution is 5.88. The lowest BCUT2D eigenvalue weighted by Crippen LogP contribution is -2.60. The molecule has 2 aliphatic heterocycles. The monoisotopic (exact) mass is 228 g/mol. The van der Waals surface area contributed by atoms with E-state index in [1.54, 1.807) is 0 Å². The van der Waals surface area contributed by atoms with Gasteiger partial charge in [0.25, 0.3) is 0 Å². The van der Waals surface area contributed by atoms with E-state index in [1.807, 2.05) is 0 Å². The number of hydrogen-bond donors (Lipinski definition) is 0. The summed E-state index contributed by atoms with van der Waals surface area (Å²) in [6.07, 6.45) is 1.42. The van der Waals surface area contributed by atoms with Crippen LogP contribution < -0.4 is 0 Å². The van der Waals surface area contributed by atoms with Crippen molar-refractivity contribution in [3.63, 3.8) is 0 Å². The van der Waals surface area contributed by atoms with Crippen LogP contribution in [0.3, 0.4) is 0 Å². The Hall–Kier alpha value is -0.910. The summed E-state index contributed by atoms with van der Waals surface area (Å²) in [5.41, 5.74) is 0.289.